The summed E-state index contributed by atoms with van der Waals surface area (Å²) in [6, 6.07) is 8.73. The predicted molar refractivity (Wildman–Crippen MR) is 73.2 cm³/mol. The number of imide groups is 1. The number of methoxy groups -OCH3 is 1. The first kappa shape index (κ1) is 15.0. The number of amides is 2. The maximum absolute atomic E-state index is 12.3. The summed E-state index contributed by atoms with van der Waals surface area (Å²) in [6.45, 7) is 1.71. The maximum Gasteiger partial charge on any atom is 0.417 e. The van der Waals surface area contributed by atoms with Crippen molar-refractivity contribution in [2.24, 2.45) is 5.92 Å². The van der Waals surface area contributed by atoms with Gasteiger partial charge < -0.3 is 9.47 Å². The molecule has 2 rings (SSSR count). The van der Waals surface area contributed by atoms with Gasteiger partial charge in [0.15, 0.2) is 0 Å². The van der Waals surface area contributed by atoms with Crippen LogP contribution in [0.5, 0.6) is 0 Å². The van der Waals surface area contributed by atoms with Crippen molar-refractivity contribution in [3.63, 3.8) is 0 Å². The van der Waals surface area contributed by atoms with Crippen molar-refractivity contribution in [3.8, 4) is 0 Å². The summed E-state index contributed by atoms with van der Waals surface area (Å²) in [6.07, 6.45) is -0.767. The number of benzene rings is 1. The number of esters is 1. The van der Waals surface area contributed by atoms with Gasteiger partial charge in [0.1, 0.15) is 12.6 Å². The summed E-state index contributed by atoms with van der Waals surface area (Å²) in [5.74, 6) is -1.52. The zero-order chi connectivity index (χ0) is 15.4. The van der Waals surface area contributed by atoms with Crippen LogP contribution in [0.4, 0.5) is 4.79 Å². The van der Waals surface area contributed by atoms with Gasteiger partial charge in [-0.2, -0.15) is 0 Å². The number of ether oxygens (including phenoxy) is 2. The van der Waals surface area contributed by atoms with Crippen molar-refractivity contribution >= 4 is 18.0 Å². The Morgan fingerprint density at radius 3 is 2.67 bits per heavy atom. The highest BCUT2D eigenvalue weighted by atomic mass is 16.6. The lowest BCUT2D eigenvalue weighted by atomic mass is 10.0. The van der Waals surface area contributed by atoms with Gasteiger partial charge in [-0.05, 0) is 5.56 Å². The van der Waals surface area contributed by atoms with Gasteiger partial charge >= 0.3 is 12.1 Å². The molecule has 6 nitrogen and oxygen atoms in total. The zero-order valence-electron chi connectivity index (χ0n) is 11.9. The van der Waals surface area contributed by atoms with Crippen LogP contribution < -0.4 is 0 Å². The fraction of sp³-hybridized carbons (Fsp3) is 0.400. The van der Waals surface area contributed by atoms with Crippen LogP contribution in [0.2, 0.25) is 0 Å². The van der Waals surface area contributed by atoms with Crippen LogP contribution in [-0.4, -0.2) is 36.6 Å². The fourth-order valence-electron chi connectivity index (χ4n) is 2.26. The largest absolute Gasteiger partial charge is 0.469 e. The van der Waals surface area contributed by atoms with Crippen molar-refractivity contribution in [1.29, 1.82) is 0 Å². The van der Waals surface area contributed by atoms with Gasteiger partial charge in [-0.15, -0.1) is 0 Å². The number of nitrogens with zero attached hydrogens (tertiary/aromatic N) is 1. The van der Waals surface area contributed by atoms with Crippen LogP contribution in [0, 0.1) is 5.92 Å². The zero-order valence-corrected chi connectivity index (χ0v) is 11.9. The first-order chi connectivity index (χ1) is 10.0. The van der Waals surface area contributed by atoms with E-state index in [2.05, 4.69) is 4.74 Å². The van der Waals surface area contributed by atoms with E-state index in [-0.39, 0.29) is 13.0 Å². The molecule has 0 aromatic heterocycles. The van der Waals surface area contributed by atoms with Crippen LogP contribution in [0.1, 0.15) is 24.9 Å². The third kappa shape index (κ3) is 3.21. The molecule has 1 aliphatic heterocycles. The minimum atomic E-state index is -0.675. The Hall–Kier alpha value is -2.37. The number of rotatable bonds is 4. The van der Waals surface area contributed by atoms with Crippen molar-refractivity contribution in [3.05, 3.63) is 35.9 Å². The van der Waals surface area contributed by atoms with Gasteiger partial charge in [-0.3, -0.25) is 9.59 Å². The topological polar surface area (TPSA) is 72.9 Å². The summed E-state index contributed by atoms with van der Waals surface area (Å²) < 4.78 is 9.56. The number of hydrogen-bond donors (Lipinski definition) is 0. The highest BCUT2D eigenvalue weighted by Gasteiger charge is 2.39. The molecule has 0 radical (unpaired) electrons. The SMILES string of the molecule is COC(=O)[C@@H](C)CC(=O)N1C(=O)OC[C@H]1c1ccccc1. The van der Waals surface area contributed by atoms with E-state index in [1.807, 2.05) is 30.3 Å². The molecule has 0 spiro atoms. The van der Waals surface area contributed by atoms with Crippen LogP contribution in [0.15, 0.2) is 30.3 Å². The Kier molecular flexibility index (Phi) is 4.57. The van der Waals surface area contributed by atoms with Gasteiger partial charge in [0.2, 0.25) is 5.91 Å². The molecule has 1 aromatic rings. The van der Waals surface area contributed by atoms with E-state index >= 15 is 0 Å². The number of cyclic esters (lactones) is 1. The molecule has 0 unspecified atom stereocenters. The Labute approximate surface area is 122 Å². The Morgan fingerprint density at radius 1 is 1.38 bits per heavy atom. The van der Waals surface area contributed by atoms with Gasteiger partial charge in [-0.1, -0.05) is 37.3 Å². The average molecular weight is 291 g/mol. The van der Waals surface area contributed by atoms with Gasteiger partial charge in [-0.25, -0.2) is 9.69 Å². The summed E-state index contributed by atoms with van der Waals surface area (Å²) in [4.78, 5) is 36.5. The van der Waals surface area contributed by atoms with Gasteiger partial charge in [0.05, 0.1) is 13.0 Å². The lowest BCUT2D eigenvalue weighted by Gasteiger charge is -2.21. The highest BCUT2D eigenvalue weighted by molar-refractivity contribution is 5.95. The lowest BCUT2D eigenvalue weighted by Crippen LogP contribution is -2.36. The van der Waals surface area contributed by atoms with Crippen LogP contribution in [0.3, 0.4) is 0 Å². The average Bonchev–Trinajstić information content (AvgIpc) is 2.89. The van der Waals surface area contributed by atoms with Crippen LogP contribution in [0.25, 0.3) is 0 Å². The second kappa shape index (κ2) is 6.39. The molecule has 6 heteroatoms. The van der Waals surface area contributed by atoms with E-state index in [0.717, 1.165) is 10.5 Å². The molecule has 1 saturated heterocycles. The number of hydrogen-bond acceptors (Lipinski definition) is 5. The molecule has 21 heavy (non-hydrogen) atoms. The number of carbonyl (C=O) groups excluding carboxylic acids is 3. The second-order valence-corrected chi connectivity index (χ2v) is 4.90. The van der Waals surface area contributed by atoms with Crippen molar-refractivity contribution in [2.45, 2.75) is 19.4 Å². The van der Waals surface area contributed by atoms with E-state index in [0.29, 0.717) is 0 Å². The maximum atomic E-state index is 12.3. The first-order valence-corrected chi connectivity index (χ1v) is 6.66. The fourth-order valence-corrected chi connectivity index (χ4v) is 2.26. The molecule has 2 amide bonds. The molecule has 2 atom stereocenters. The summed E-state index contributed by atoms with van der Waals surface area (Å²) in [5.41, 5.74) is 0.822. The Bertz CT molecular complexity index is 542. The van der Waals surface area contributed by atoms with Crippen LogP contribution >= 0.6 is 0 Å². The predicted octanol–water partition coefficient (Wildman–Crippen LogP) is 1.91. The van der Waals surface area contributed by atoms with Gasteiger partial charge in [0.25, 0.3) is 0 Å². The Morgan fingerprint density at radius 2 is 2.05 bits per heavy atom. The van der Waals surface area contributed by atoms with E-state index in [1.54, 1.807) is 6.92 Å². The summed E-state index contributed by atoms with van der Waals surface area (Å²) in [5, 5.41) is 0. The third-order valence-electron chi connectivity index (χ3n) is 3.41. The van der Waals surface area contributed by atoms with E-state index < -0.39 is 29.9 Å². The minimum Gasteiger partial charge on any atom is -0.469 e. The second-order valence-electron chi connectivity index (χ2n) is 4.90. The summed E-state index contributed by atoms with van der Waals surface area (Å²) in [7, 11) is 1.26. The van der Waals surface area contributed by atoms with Gasteiger partial charge in [0, 0.05) is 6.42 Å². The standard InChI is InChI=1S/C15H17NO5/c1-10(14(18)20-2)8-13(17)16-12(9-21-15(16)19)11-6-4-3-5-7-11/h3-7,10,12H,8-9H2,1-2H3/t10-,12-/m0/s1. The van der Waals surface area contributed by atoms with Crippen molar-refractivity contribution in [1.82, 2.24) is 4.90 Å². The molecule has 0 N–H and O–H groups in total. The minimum absolute atomic E-state index is 0.0922. The van der Waals surface area contributed by atoms with Crippen molar-refractivity contribution in [2.75, 3.05) is 13.7 Å². The molecule has 1 aliphatic rings. The van der Waals surface area contributed by atoms with E-state index in [4.69, 9.17) is 4.74 Å². The third-order valence-corrected chi connectivity index (χ3v) is 3.41. The molecule has 0 bridgehead atoms. The smallest absolute Gasteiger partial charge is 0.417 e. The molecule has 112 valence electrons. The van der Waals surface area contributed by atoms with Crippen LogP contribution in [-0.2, 0) is 19.1 Å². The molecule has 0 aliphatic carbocycles. The monoisotopic (exact) mass is 291 g/mol. The molecule has 0 saturated carbocycles. The Balaban J connectivity index is 2.14. The van der Waals surface area contributed by atoms with E-state index in [1.165, 1.54) is 7.11 Å². The molecular weight excluding hydrogens is 274 g/mol. The quantitative estimate of drug-likeness (QED) is 0.792. The van der Waals surface area contributed by atoms with Crippen molar-refractivity contribution < 1.29 is 23.9 Å². The molecule has 1 heterocycles. The molecular formula is C15H17NO5. The highest BCUT2D eigenvalue weighted by Crippen LogP contribution is 2.28. The molecule has 1 fully saturated rings. The lowest BCUT2D eigenvalue weighted by molar-refractivity contribution is -0.147. The first-order valence-electron chi connectivity index (χ1n) is 6.66. The summed E-state index contributed by atoms with van der Waals surface area (Å²) >= 11 is 0. The molecule has 1 aromatic carbocycles. The normalized spacial score (nSPS) is 19.0. The van der Waals surface area contributed by atoms with E-state index in [9.17, 15) is 14.4 Å². The number of carbonyl (C=O) groups is 3.